The number of nitrogens with one attached hydrogen (secondary N) is 1. The lowest BCUT2D eigenvalue weighted by molar-refractivity contribution is 0.277. The predicted molar refractivity (Wildman–Crippen MR) is 82.7 cm³/mol. The summed E-state index contributed by atoms with van der Waals surface area (Å²) in [6.07, 6.45) is 1.00. The van der Waals surface area contributed by atoms with Gasteiger partial charge in [-0.05, 0) is 31.5 Å². The summed E-state index contributed by atoms with van der Waals surface area (Å²) in [6, 6.07) is 8.75. The maximum absolute atomic E-state index is 11.4. The van der Waals surface area contributed by atoms with E-state index < -0.39 is 9.84 Å². The summed E-state index contributed by atoms with van der Waals surface area (Å²) in [5, 5.41) is 3.37. The number of hydrogen-bond acceptors (Lipinski definition) is 4. The molecule has 20 heavy (non-hydrogen) atoms. The van der Waals surface area contributed by atoms with E-state index >= 15 is 0 Å². The molecule has 0 saturated carbocycles. The van der Waals surface area contributed by atoms with Crippen LogP contribution in [0.3, 0.4) is 0 Å². The van der Waals surface area contributed by atoms with E-state index in [0.29, 0.717) is 30.6 Å². The van der Waals surface area contributed by atoms with Crippen LogP contribution in [0.25, 0.3) is 0 Å². The van der Waals surface area contributed by atoms with Crippen LogP contribution in [0.1, 0.15) is 23.6 Å². The number of hydrogen-bond donors (Lipinski definition) is 1. The Morgan fingerprint density at radius 2 is 1.90 bits per heavy atom. The Kier molecular flexibility index (Phi) is 5.18. The molecular weight excluding hydrogens is 272 g/mol. The van der Waals surface area contributed by atoms with Gasteiger partial charge in [0, 0.05) is 25.7 Å². The highest BCUT2D eigenvalue weighted by Crippen LogP contribution is 2.20. The molecule has 1 atom stereocenters. The van der Waals surface area contributed by atoms with Crippen LogP contribution in [-0.4, -0.2) is 51.5 Å². The second-order valence-electron chi connectivity index (χ2n) is 5.48. The number of benzene rings is 1. The zero-order valence-electron chi connectivity index (χ0n) is 12.3. The van der Waals surface area contributed by atoms with E-state index in [1.165, 1.54) is 11.1 Å². The van der Waals surface area contributed by atoms with Gasteiger partial charge < -0.3 is 10.2 Å². The molecule has 1 unspecified atom stereocenters. The van der Waals surface area contributed by atoms with Gasteiger partial charge in [0.15, 0.2) is 9.84 Å². The standard InChI is InChI=1S/C15H24N2O2S/c1-13-5-3-4-6-14(13)15(16-2)7-8-17-9-11-20(18,19)12-10-17/h3-6,15-16H,7-12H2,1-2H3. The minimum absolute atomic E-state index is 0.307. The smallest absolute Gasteiger partial charge is 0.152 e. The van der Waals surface area contributed by atoms with Gasteiger partial charge in [0.25, 0.3) is 0 Å². The summed E-state index contributed by atoms with van der Waals surface area (Å²) >= 11 is 0. The van der Waals surface area contributed by atoms with Crippen molar-refractivity contribution in [1.29, 1.82) is 0 Å². The summed E-state index contributed by atoms with van der Waals surface area (Å²) < 4.78 is 22.8. The predicted octanol–water partition coefficient (Wildman–Crippen LogP) is 1.38. The quantitative estimate of drug-likeness (QED) is 0.892. The first-order chi connectivity index (χ1) is 9.52. The monoisotopic (exact) mass is 296 g/mol. The van der Waals surface area contributed by atoms with E-state index in [2.05, 4.69) is 41.4 Å². The number of rotatable bonds is 5. The molecule has 1 aromatic rings. The van der Waals surface area contributed by atoms with Crippen LogP contribution < -0.4 is 5.32 Å². The Morgan fingerprint density at radius 1 is 1.25 bits per heavy atom. The van der Waals surface area contributed by atoms with Crippen molar-refractivity contribution >= 4 is 9.84 Å². The molecule has 1 fully saturated rings. The molecule has 0 aliphatic carbocycles. The summed E-state index contributed by atoms with van der Waals surface area (Å²) in [5.41, 5.74) is 2.63. The van der Waals surface area contributed by atoms with E-state index in [1.54, 1.807) is 0 Å². The van der Waals surface area contributed by atoms with Crippen molar-refractivity contribution < 1.29 is 8.42 Å². The van der Waals surface area contributed by atoms with Crippen LogP contribution in [0.15, 0.2) is 24.3 Å². The van der Waals surface area contributed by atoms with Crippen molar-refractivity contribution in [2.45, 2.75) is 19.4 Å². The van der Waals surface area contributed by atoms with Gasteiger partial charge in [0.05, 0.1) is 11.5 Å². The van der Waals surface area contributed by atoms with Crippen LogP contribution in [0.2, 0.25) is 0 Å². The summed E-state index contributed by atoms with van der Waals surface area (Å²) in [4.78, 5) is 2.25. The molecule has 1 saturated heterocycles. The van der Waals surface area contributed by atoms with Crippen molar-refractivity contribution in [3.05, 3.63) is 35.4 Å². The molecule has 4 nitrogen and oxygen atoms in total. The molecule has 1 aromatic carbocycles. The van der Waals surface area contributed by atoms with Gasteiger partial charge in [0.2, 0.25) is 0 Å². The summed E-state index contributed by atoms with van der Waals surface area (Å²) in [5.74, 6) is 0.614. The number of nitrogens with zero attached hydrogens (tertiary/aromatic N) is 1. The third kappa shape index (κ3) is 4.04. The Morgan fingerprint density at radius 3 is 2.50 bits per heavy atom. The maximum Gasteiger partial charge on any atom is 0.152 e. The Hall–Kier alpha value is -0.910. The highest BCUT2D eigenvalue weighted by Gasteiger charge is 2.22. The first-order valence-corrected chi connectivity index (χ1v) is 8.99. The van der Waals surface area contributed by atoms with Crippen LogP contribution in [0.4, 0.5) is 0 Å². The van der Waals surface area contributed by atoms with Crippen molar-refractivity contribution in [3.63, 3.8) is 0 Å². The molecule has 1 N–H and O–H groups in total. The average Bonchev–Trinajstić information content (AvgIpc) is 2.43. The van der Waals surface area contributed by atoms with E-state index in [4.69, 9.17) is 0 Å². The maximum atomic E-state index is 11.4. The van der Waals surface area contributed by atoms with Crippen molar-refractivity contribution in [1.82, 2.24) is 10.2 Å². The highest BCUT2D eigenvalue weighted by atomic mass is 32.2. The van der Waals surface area contributed by atoms with Crippen LogP contribution >= 0.6 is 0 Å². The second kappa shape index (κ2) is 6.70. The van der Waals surface area contributed by atoms with Gasteiger partial charge in [0.1, 0.15) is 0 Å². The first kappa shape index (κ1) is 15.5. The van der Waals surface area contributed by atoms with Gasteiger partial charge in [-0.1, -0.05) is 24.3 Å². The van der Waals surface area contributed by atoms with Crippen molar-refractivity contribution in [2.75, 3.05) is 38.2 Å². The van der Waals surface area contributed by atoms with Gasteiger partial charge >= 0.3 is 0 Å². The molecule has 0 amide bonds. The van der Waals surface area contributed by atoms with Gasteiger partial charge in [-0.2, -0.15) is 0 Å². The molecule has 2 rings (SSSR count). The fourth-order valence-electron chi connectivity index (χ4n) is 2.72. The fraction of sp³-hybridized carbons (Fsp3) is 0.600. The van der Waals surface area contributed by atoms with Crippen molar-refractivity contribution in [2.24, 2.45) is 0 Å². The second-order valence-corrected chi connectivity index (χ2v) is 7.78. The molecule has 0 bridgehead atoms. The normalized spacial score (nSPS) is 20.7. The minimum Gasteiger partial charge on any atom is -0.313 e. The van der Waals surface area contributed by atoms with E-state index in [1.807, 2.05) is 7.05 Å². The number of sulfone groups is 1. The van der Waals surface area contributed by atoms with E-state index in [9.17, 15) is 8.42 Å². The third-order valence-corrected chi connectivity index (χ3v) is 5.69. The fourth-order valence-corrected chi connectivity index (χ4v) is 4.00. The molecule has 0 radical (unpaired) electrons. The summed E-state index contributed by atoms with van der Waals surface area (Å²) in [7, 11) is -0.792. The van der Waals surface area contributed by atoms with E-state index in [0.717, 1.165) is 13.0 Å². The Labute approximate surface area is 122 Å². The van der Waals surface area contributed by atoms with Gasteiger partial charge in [-0.15, -0.1) is 0 Å². The van der Waals surface area contributed by atoms with Gasteiger partial charge in [-0.3, -0.25) is 0 Å². The minimum atomic E-state index is -2.78. The Bertz CT molecular complexity index is 529. The molecule has 5 heteroatoms. The number of aryl methyl sites for hydroxylation is 1. The van der Waals surface area contributed by atoms with E-state index in [-0.39, 0.29) is 0 Å². The highest BCUT2D eigenvalue weighted by molar-refractivity contribution is 7.91. The summed E-state index contributed by atoms with van der Waals surface area (Å²) in [6.45, 7) is 4.42. The lowest BCUT2D eigenvalue weighted by Crippen LogP contribution is -2.41. The molecule has 1 heterocycles. The zero-order valence-corrected chi connectivity index (χ0v) is 13.1. The molecular formula is C15H24N2O2S. The molecule has 112 valence electrons. The molecule has 0 spiro atoms. The largest absolute Gasteiger partial charge is 0.313 e. The molecule has 0 aromatic heterocycles. The molecule has 1 aliphatic rings. The van der Waals surface area contributed by atoms with Crippen LogP contribution in [0, 0.1) is 6.92 Å². The third-order valence-electron chi connectivity index (χ3n) is 4.08. The average molecular weight is 296 g/mol. The Balaban J connectivity index is 1.91. The van der Waals surface area contributed by atoms with Crippen molar-refractivity contribution in [3.8, 4) is 0 Å². The zero-order chi connectivity index (χ0) is 14.6. The SMILES string of the molecule is CNC(CCN1CCS(=O)(=O)CC1)c1ccccc1C. The van der Waals surface area contributed by atoms with Gasteiger partial charge in [-0.25, -0.2) is 8.42 Å². The molecule has 1 aliphatic heterocycles. The lowest BCUT2D eigenvalue weighted by Gasteiger charge is -2.28. The van der Waals surface area contributed by atoms with Crippen LogP contribution in [-0.2, 0) is 9.84 Å². The van der Waals surface area contributed by atoms with Crippen LogP contribution in [0.5, 0.6) is 0 Å². The topological polar surface area (TPSA) is 49.4 Å². The first-order valence-electron chi connectivity index (χ1n) is 7.17. The lowest BCUT2D eigenvalue weighted by atomic mass is 9.99.